The van der Waals surface area contributed by atoms with Crippen LogP contribution in [0.25, 0.3) is 0 Å². The maximum Gasteiger partial charge on any atom is 0.339 e. The lowest BCUT2D eigenvalue weighted by atomic mass is 9.84. The van der Waals surface area contributed by atoms with E-state index < -0.39 is 23.9 Å². The Labute approximate surface area is 175 Å². The number of piperidine rings is 1. The van der Waals surface area contributed by atoms with Gasteiger partial charge in [0.15, 0.2) is 0 Å². The van der Waals surface area contributed by atoms with Crippen LogP contribution in [0.15, 0.2) is 29.3 Å². The molecule has 1 amide bonds. The fourth-order valence-corrected chi connectivity index (χ4v) is 4.05. The van der Waals surface area contributed by atoms with Crippen molar-refractivity contribution in [3.8, 4) is 0 Å². The zero-order valence-electron chi connectivity index (χ0n) is 17.5. The van der Waals surface area contributed by atoms with Gasteiger partial charge in [-0.15, -0.1) is 0 Å². The highest BCUT2D eigenvalue weighted by molar-refractivity contribution is 5.95. The van der Waals surface area contributed by atoms with Crippen molar-refractivity contribution in [2.24, 2.45) is 4.99 Å². The van der Waals surface area contributed by atoms with Gasteiger partial charge in [0.25, 0.3) is 11.9 Å². The summed E-state index contributed by atoms with van der Waals surface area (Å²) < 4.78 is 38.7. The van der Waals surface area contributed by atoms with E-state index in [1.54, 1.807) is 17.0 Å². The quantitative estimate of drug-likeness (QED) is 0.584. The Hall–Kier alpha value is -2.51. The molecule has 0 radical (unpaired) electrons. The van der Waals surface area contributed by atoms with Crippen LogP contribution in [0.3, 0.4) is 0 Å². The van der Waals surface area contributed by atoms with Gasteiger partial charge in [-0.2, -0.15) is 4.99 Å². The zero-order chi connectivity index (χ0) is 21.8. The summed E-state index contributed by atoms with van der Waals surface area (Å²) in [4.78, 5) is 30.0. The predicted octanol–water partition coefficient (Wildman–Crippen LogP) is 4.28. The van der Waals surface area contributed by atoms with E-state index in [-0.39, 0.29) is 37.9 Å². The molecule has 3 heterocycles. The second-order valence-electron chi connectivity index (χ2n) is 7.51. The molecule has 164 valence electrons. The number of nitrogens with zero attached hydrogens (tertiary/aromatic N) is 2. The minimum absolute atomic E-state index is 0.0226. The second kappa shape index (κ2) is 9.10. The molecule has 3 aliphatic heterocycles. The lowest BCUT2D eigenvalue weighted by molar-refractivity contribution is -0.118. The molecule has 1 aromatic rings. The minimum atomic E-state index is -2.84. The van der Waals surface area contributed by atoms with E-state index in [9.17, 15) is 18.4 Å². The van der Waals surface area contributed by atoms with Crippen LogP contribution in [0, 0.1) is 0 Å². The molecular weight excluding hydrogens is 394 g/mol. The van der Waals surface area contributed by atoms with Gasteiger partial charge in [-0.1, -0.05) is 32.0 Å². The van der Waals surface area contributed by atoms with Crippen molar-refractivity contribution in [3.63, 3.8) is 0 Å². The van der Waals surface area contributed by atoms with Crippen molar-refractivity contribution in [1.82, 2.24) is 4.90 Å². The first-order chi connectivity index (χ1) is 14.4. The molecule has 4 rings (SSSR count). The van der Waals surface area contributed by atoms with Crippen LogP contribution in [-0.2, 0) is 19.9 Å². The molecule has 1 aromatic carbocycles. The summed E-state index contributed by atoms with van der Waals surface area (Å²) in [6.45, 7) is 4.70. The van der Waals surface area contributed by atoms with Crippen molar-refractivity contribution in [1.29, 1.82) is 0 Å². The smallest absolute Gasteiger partial charge is 0.339 e. The highest BCUT2D eigenvalue weighted by Crippen LogP contribution is 2.44. The number of alkyl halides is 2. The molecule has 6 nitrogen and oxygen atoms in total. The maximum atomic E-state index is 13.7. The van der Waals surface area contributed by atoms with Gasteiger partial charge in [0.2, 0.25) is 5.91 Å². The van der Waals surface area contributed by atoms with Crippen LogP contribution >= 0.6 is 0 Å². The summed E-state index contributed by atoms with van der Waals surface area (Å²) >= 11 is 0. The number of esters is 1. The number of carbonyl (C=O) groups is 2. The number of ether oxygens (including phenoxy) is 2. The summed E-state index contributed by atoms with van der Waals surface area (Å²) in [6.07, 6.45) is 0.390. The average molecular weight is 422 g/mol. The number of halogens is 2. The molecule has 0 aliphatic carbocycles. The lowest BCUT2D eigenvalue weighted by Crippen LogP contribution is -2.46. The first-order valence-electron chi connectivity index (χ1n) is 10.6. The summed E-state index contributed by atoms with van der Waals surface area (Å²) in [5.41, 5.74) is 0.780. The van der Waals surface area contributed by atoms with Crippen LogP contribution in [0.1, 0.15) is 68.3 Å². The van der Waals surface area contributed by atoms with Crippen LogP contribution in [0.4, 0.5) is 8.78 Å². The van der Waals surface area contributed by atoms with Gasteiger partial charge in [0, 0.05) is 50.8 Å². The highest BCUT2D eigenvalue weighted by atomic mass is 19.3. The first kappa shape index (κ1) is 22.2. The Morgan fingerprint density at radius 2 is 1.73 bits per heavy atom. The SMILES string of the molecule is CC.O=C1CCCC(F)(F)CCOC(N2CCC3(CC2)OC(=O)c2ccccc23)=N1. The number of fused-ring (bicyclic) bond motifs is 2. The third kappa shape index (κ3) is 4.63. The third-order valence-electron chi connectivity index (χ3n) is 5.62. The van der Waals surface area contributed by atoms with Crippen molar-refractivity contribution < 1.29 is 27.8 Å². The molecule has 0 N–H and O–H groups in total. The van der Waals surface area contributed by atoms with Crippen LogP contribution < -0.4 is 0 Å². The number of hydrogen-bond acceptors (Lipinski definition) is 5. The summed E-state index contributed by atoms with van der Waals surface area (Å²) in [7, 11) is 0. The molecule has 0 atom stereocenters. The summed E-state index contributed by atoms with van der Waals surface area (Å²) in [5.74, 6) is -3.62. The number of carbonyl (C=O) groups excluding carboxylic acids is 2. The van der Waals surface area contributed by atoms with Crippen LogP contribution in [-0.4, -0.2) is 48.4 Å². The fraction of sp³-hybridized carbons (Fsp3) is 0.591. The van der Waals surface area contributed by atoms with Gasteiger partial charge in [0.05, 0.1) is 12.2 Å². The monoisotopic (exact) mass is 422 g/mol. The van der Waals surface area contributed by atoms with Gasteiger partial charge >= 0.3 is 5.97 Å². The van der Waals surface area contributed by atoms with Crippen LogP contribution in [0.5, 0.6) is 0 Å². The number of aliphatic imine (C=N–C) groups is 1. The topological polar surface area (TPSA) is 68.2 Å². The molecular formula is C22H28F2N2O4. The zero-order valence-corrected chi connectivity index (χ0v) is 17.5. The molecule has 0 bridgehead atoms. The average Bonchev–Trinajstić information content (AvgIpc) is 3.01. The van der Waals surface area contributed by atoms with E-state index in [0.29, 0.717) is 31.5 Å². The Balaban J connectivity index is 0.00000124. The number of likely N-dealkylation sites (tertiary alicyclic amines) is 1. The lowest BCUT2D eigenvalue weighted by Gasteiger charge is -2.39. The van der Waals surface area contributed by atoms with E-state index in [2.05, 4.69) is 4.99 Å². The number of benzene rings is 1. The molecule has 1 fully saturated rings. The molecule has 30 heavy (non-hydrogen) atoms. The normalized spacial score (nSPS) is 22.8. The largest absolute Gasteiger partial charge is 0.465 e. The highest BCUT2D eigenvalue weighted by Gasteiger charge is 2.47. The van der Waals surface area contributed by atoms with E-state index in [0.717, 1.165) is 5.56 Å². The van der Waals surface area contributed by atoms with Crippen molar-refractivity contribution in [2.75, 3.05) is 19.7 Å². The minimum Gasteiger partial charge on any atom is -0.465 e. The fourth-order valence-electron chi connectivity index (χ4n) is 4.05. The summed E-state index contributed by atoms with van der Waals surface area (Å²) in [6, 6.07) is 7.43. The molecule has 0 aromatic heterocycles. The van der Waals surface area contributed by atoms with Crippen molar-refractivity contribution in [2.45, 2.75) is 63.9 Å². The van der Waals surface area contributed by atoms with Gasteiger partial charge in [0.1, 0.15) is 5.60 Å². The van der Waals surface area contributed by atoms with E-state index >= 15 is 0 Å². The number of rotatable bonds is 0. The maximum absolute atomic E-state index is 13.7. The Morgan fingerprint density at radius 1 is 1.03 bits per heavy atom. The second-order valence-corrected chi connectivity index (χ2v) is 7.51. The summed E-state index contributed by atoms with van der Waals surface area (Å²) in [5, 5.41) is 0. The van der Waals surface area contributed by atoms with Gasteiger partial charge in [-0.05, 0) is 12.5 Å². The van der Waals surface area contributed by atoms with E-state index in [1.165, 1.54) is 0 Å². The molecule has 0 unspecified atom stereocenters. The molecule has 3 aliphatic rings. The van der Waals surface area contributed by atoms with Gasteiger partial charge in [-0.3, -0.25) is 4.79 Å². The molecule has 8 heteroatoms. The molecule has 1 spiro atoms. The first-order valence-corrected chi connectivity index (χ1v) is 10.6. The Bertz CT molecular complexity index is 817. The molecule has 0 saturated carbocycles. The number of amidine groups is 1. The Morgan fingerprint density at radius 3 is 2.47 bits per heavy atom. The Kier molecular flexibility index (Phi) is 6.73. The standard InChI is InChI=1S/C20H22F2N2O4.C2H6/c21-20(22)7-3-6-16(25)23-18(27-13-10-20)24-11-8-19(9-12-24)15-5-2-1-4-14(15)17(26)28-19;1-2/h1-2,4-5H,3,6-13H2;1-2H3. The van der Waals surface area contributed by atoms with Gasteiger partial charge < -0.3 is 14.4 Å². The van der Waals surface area contributed by atoms with Crippen LogP contribution in [0.2, 0.25) is 0 Å². The molecule has 1 saturated heterocycles. The number of hydrogen-bond donors (Lipinski definition) is 0. The number of amides is 1. The van der Waals surface area contributed by atoms with E-state index in [4.69, 9.17) is 9.47 Å². The third-order valence-corrected chi connectivity index (χ3v) is 5.62. The van der Waals surface area contributed by atoms with Gasteiger partial charge in [-0.25, -0.2) is 13.6 Å². The van der Waals surface area contributed by atoms with E-state index in [1.807, 2.05) is 26.0 Å². The van der Waals surface area contributed by atoms with Crippen molar-refractivity contribution >= 4 is 17.9 Å². The van der Waals surface area contributed by atoms with Crippen molar-refractivity contribution in [3.05, 3.63) is 35.4 Å². The predicted molar refractivity (Wildman–Crippen MR) is 107 cm³/mol.